The first-order valence-electron chi connectivity index (χ1n) is 8.48. The largest absolute Gasteiger partial charge is 0.480 e. The molecule has 1 N–H and O–H groups in total. The van der Waals surface area contributed by atoms with E-state index in [1.807, 2.05) is 41.8 Å². The molecule has 1 saturated heterocycles. The number of hydrogen-bond donors (Lipinski definition) is 1. The Morgan fingerprint density at radius 3 is 2.81 bits per heavy atom. The van der Waals surface area contributed by atoms with E-state index in [0.29, 0.717) is 26.2 Å². The second-order valence-electron chi connectivity index (χ2n) is 6.36. The monoisotopic (exact) mass is 374 g/mol. The van der Waals surface area contributed by atoms with Crippen molar-refractivity contribution in [1.29, 1.82) is 0 Å². The Kier molecular flexibility index (Phi) is 6.03. The van der Waals surface area contributed by atoms with Crippen molar-refractivity contribution in [3.05, 3.63) is 46.7 Å². The van der Waals surface area contributed by atoms with Crippen molar-refractivity contribution < 1.29 is 19.4 Å². The number of aliphatic carboxylic acids is 1. The number of carbonyl (C=O) groups excluding carboxylic acids is 1. The minimum atomic E-state index is -0.873. The maximum absolute atomic E-state index is 13.0. The second-order valence-corrected chi connectivity index (χ2v) is 7.28. The predicted octanol–water partition coefficient (Wildman–Crippen LogP) is 2.27. The molecule has 6 nitrogen and oxygen atoms in total. The van der Waals surface area contributed by atoms with E-state index < -0.39 is 5.97 Å². The lowest BCUT2D eigenvalue weighted by Gasteiger charge is -2.34. The molecule has 0 bridgehead atoms. The molecular formula is C19H22N2O4S. The fourth-order valence-electron chi connectivity index (χ4n) is 3.12. The van der Waals surface area contributed by atoms with Crippen LogP contribution in [0.4, 0.5) is 0 Å². The average molecular weight is 374 g/mol. The summed E-state index contributed by atoms with van der Waals surface area (Å²) in [6, 6.07) is 11.9. The number of hydrogen-bond acceptors (Lipinski definition) is 5. The molecule has 0 saturated carbocycles. The summed E-state index contributed by atoms with van der Waals surface area (Å²) >= 11 is 1.45. The zero-order valence-corrected chi connectivity index (χ0v) is 15.4. The van der Waals surface area contributed by atoms with Crippen LogP contribution in [0.2, 0.25) is 0 Å². The molecule has 1 aromatic heterocycles. The Bertz CT molecular complexity index is 762. The fraction of sp³-hybridized carbons (Fsp3) is 0.368. The summed E-state index contributed by atoms with van der Waals surface area (Å²) < 4.78 is 5.72. The van der Waals surface area contributed by atoms with Gasteiger partial charge >= 0.3 is 5.97 Å². The molecule has 1 amide bonds. The number of thiophene rings is 1. The molecule has 138 valence electrons. The number of carbonyl (C=O) groups is 2. The molecule has 7 heteroatoms. The average Bonchev–Trinajstić information content (AvgIpc) is 3.11. The van der Waals surface area contributed by atoms with Crippen molar-refractivity contribution in [2.75, 3.05) is 39.8 Å². The molecule has 1 aromatic carbocycles. The van der Waals surface area contributed by atoms with Crippen LogP contribution < -0.4 is 0 Å². The molecule has 2 heterocycles. The molecule has 0 aliphatic carbocycles. The zero-order valence-electron chi connectivity index (χ0n) is 14.6. The number of rotatable bonds is 6. The fourth-order valence-corrected chi connectivity index (χ4v) is 4.00. The van der Waals surface area contributed by atoms with E-state index in [0.717, 1.165) is 16.0 Å². The number of benzene rings is 1. The molecule has 1 aliphatic rings. The van der Waals surface area contributed by atoms with E-state index in [1.54, 1.807) is 16.8 Å². The van der Waals surface area contributed by atoms with Gasteiger partial charge in [0.2, 0.25) is 0 Å². The Hall–Kier alpha value is -2.22. The molecule has 26 heavy (non-hydrogen) atoms. The lowest BCUT2D eigenvalue weighted by atomic mass is 10.1. The topological polar surface area (TPSA) is 70.1 Å². The van der Waals surface area contributed by atoms with Gasteiger partial charge in [0, 0.05) is 25.2 Å². The number of amides is 1. The van der Waals surface area contributed by atoms with Gasteiger partial charge in [0.05, 0.1) is 24.1 Å². The Morgan fingerprint density at radius 1 is 1.31 bits per heavy atom. The van der Waals surface area contributed by atoms with Gasteiger partial charge in [0.15, 0.2) is 0 Å². The zero-order chi connectivity index (χ0) is 18.5. The summed E-state index contributed by atoms with van der Waals surface area (Å²) in [6.45, 7) is 1.91. The molecule has 0 radical (unpaired) electrons. The van der Waals surface area contributed by atoms with Crippen LogP contribution >= 0.6 is 11.3 Å². The van der Waals surface area contributed by atoms with Gasteiger partial charge in [-0.3, -0.25) is 14.5 Å². The first-order chi connectivity index (χ1) is 12.5. The highest BCUT2D eigenvalue weighted by molar-refractivity contribution is 7.12. The predicted molar refractivity (Wildman–Crippen MR) is 101 cm³/mol. The maximum atomic E-state index is 13.0. The third kappa shape index (κ3) is 4.49. The molecule has 0 spiro atoms. The second kappa shape index (κ2) is 8.44. The van der Waals surface area contributed by atoms with Gasteiger partial charge in [-0.2, -0.15) is 0 Å². The third-order valence-corrected chi connectivity index (χ3v) is 5.19. The summed E-state index contributed by atoms with van der Waals surface area (Å²) in [5.74, 6) is -0.865. The van der Waals surface area contributed by atoms with E-state index in [-0.39, 0.29) is 18.6 Å². The number of carboxylic acid groups (broad SMARTS) is 1. The first-order valence-corrected chi connectivity index (χ1v) is 9.36. The normalized spacial score (nSPS) is 17.5. The minimum absolute atomic E-state index is 0.00745. The number of likely N-dealkylation sites (N-methyl/N-ethyl adjacent to an activating group) is 1. The molecule has 1 atom stereocenters. The van der Waals surface area contributed by atoms with Gasteiger partial charge in [0.1, 0.15) is 0 Å². The van der Waals surface area contributed by atoms with E-state index in [9.17, 15) is 9.59 Å². The van der Waals surface area contributed by atoms with E-state index in [1.165, 1.54) is 11.3 Å². The molecule has 3 rings (SSSR count). The summed E-state index contributed by atoms with van der Waals surface area (Å²) in [6.07, 6.45) is -0.183. The number of carboxylic acids is 1. The van der Waals surface area contributed by atoms with Crippen LogP contribution in [0.1, 0.15) is 9.67 Å². The number of nitrogens with zero attached hydrogens (tertiary/aromatic N) is 2. The van der Waals surface area contributed by atoms with E-state index in [2.05, 4.69) is 0 Å². The lowest BCUT2D eigenvalue weighted by Crippen LogP contribution is -2.49. The first kappa shape index (κ1) is 18.6. The van der Waals surface area contributed by atoms with Crippen molar-refractivity contribution in [3.8, 4) is 11.1 Å². The van der Waals surface area contributed by atoms with Crippen molar-refractivity contribution in [2.24, 2.45) is 0 Å². The Balaban J connectivity index is 1.69. The lowest BCUT2D eigenvalue weighted by molar-refractivity contribution is -0.138. The van der Waals surface area contributed by atoms with Gasteiger partial charge in [-0.1, -0.05) is 30.3 Å². The SMILES string of the molecule is CN(CC(=O)O)CC1CN(C(=O)c2sccc2-c2ccccc2)CCO1. The highest BCUT2D eigenvalue weighted by Crippen LogP contribution is 2.29. The molecular weight excluding hydrogens is 352 g/mol. The minimum Gasteiger partial charge on any atom is -0.480 e. The van der Waals surface area contributed by atoms with Gasteiger partial charge < -0.3 is 14.7 Å². The van der Waals surface area contributed by atoms with Crippen LogP contribution in [0.25, 0.3) is 11.1 Å². The molecule has 1 unspecified atom stereocenters. The summed E-state index contributed by atoms with van der Waals surface area (Å²) in [5.41, 5.74) is 1.98. The summed E-state index contributed by atoms with van der Waals surface area (Å²) in [4.78, 5) is 28.1. The highest BCUT2D eigenvalue weighted by atomic mass is 32.1. The van der Waals surface area contributed by atoms with Crippen LogP contribution in [0, 0.1) is 0 Å². The van der Waals surface area contributed by atoms with Crippen LogP contribution in [0.15, 0.2) is 41.8 Å². The van der Waals surface area contributed by atoms with Crippen LogP contribution in [0.3, 0.4) is 0 Å². The number of morpholine rings is 1. The molecule has 2 aromatic rings. The van der Waals surface area contributed by atoms with Crippen molar-refractivity contribution in [3.63, 3.8) is 0 Å². The third-order valence-electron chi connectivity index (χ3n) is 4.29. The summed E-state index contributed by atoms with van der Waals surface area (Å²) in [7, 11) is 1.74. The van der Waals surface area contributed by atoms with Crippen LogP contribution in [-0.2, 0) is 9.53 Å². The van der Waals surface area contributed by atoms with Gasteiger partial charge in [-0.25, -0.2) is 0 Å². The maximum Gasteiger partial charge on any atom is 0.317 e. The quantitative estimate of drug-likeness (QED) is 0.840. The van der Waals surface area contributed by atoms with Gasteiger partial charge in [0.25, 0.3) is 5.91 Å². The highest BCUT2D eigenvalue weighted by Gasteiger charge is 2.28. The van der Waals surface area contributed by atoms with Gasteiger partial charge in [-0.05, 0) is 24.1 Å². The van der Waals surface area contributed by atoms with Crippen molar-refractivity contribution >= 4 is 23.2 Å². The van der Waals surface area contributed by atoms with Crippen molar-refractivity contribution in [1.82, 2.24) is 9.80 Å². The smallest absolute Gasteiger partial charge is 0.317 e. The standard InChI is InChI=1S/C19H22N2O4S/c1-20(13-17(22)23)11-15-12-21(8-9-25-15)19(24)18-16(7-10-26-18)14-5-3-2-4-6-14/h2-7,10,15H,8-9,11-13H2,1H3,(H,22,23). The van der Waals surface area contributed by atoms with Crippen LogP contribution in [0.5, 0.6) is 0 Å². The van der Waals surface area contributed by atoms with Crippen molar-refractivity contribution in [2.45, 2.75) is 6.10 Å². The molecule has 1 fully saturated rings. The summed E-state index contributed by atoms with van der Waals surface area (Å²) in [5, 5.41) is 10.8. The Labute approximate surface area is 156 Å². The van der Waals surface area contributed by atoms with E-state index in [4.69, 9.17) is 9.84 Å². The van der Waals surface area contributed by atoms with Gasteiger partial charge in [-0.15, -0.1) is 11.3 Å². The van der Waals surface area contributed by atoms with E-state index >= 15 is 0 Å². The molecule has 1 aliphatic heterocycles. The number of ether oxygens (including phenoxy) is 1. The Morgan fingerprint density at radius 2 is 2.08 bits per heavy atom. The van der Waals surface area contributed by atoms with Crippen LogP contribution in [-0.4, -0.2) is 72.7 Å².